The number of benzene rings is 1. The van der Waals surface area contributed by atoms with Crippen LogP contribution < -0.4 is 5.32 Å². The Bertz CT molecular complexity index is 337. The Morgan fingerprint density at radius 2 is 2.06 bits per heavy atom. The third-order valence-electron chi connectivity index (χ3n) is 3.34. The van der Waals surface area contributed by atoms with Crippen molar-refractivity contribution in [3.05, 3.63) is 35.6 Å². The highest BCUT2D eigenvalue weighted by Gasteiger charge is 2.11. The zero-order valence-corrected chi connectivity index (χ0v) is 10.5. The van der Waals surface area contributed by atoms with Gasteiger partial charge in [-0.05, 0) is 57.1 Å². The van der Waals surface area contributed by atoms with Gasteiger partial charge in [-0.25, -0.2) is 4.39 Å². The van der Waals surface area contributed by atoms with E-state index in [0.29, 0.717) is 6.04 Å². The van der Waals surface area contributed by atoms with E-state index in [1.807, 2.05) is 12.1 Å². The first-order valence-corrected chi connectivity index (χ1v) is 6.44. The van der Waals surface area contributed by atoms with Crippen LogP contribution in [0.25, 0.3) is 0 Å². The minimum Gasteiger partial charge on any atom is -0.314 e. The van der Waals surface area contributed by atoms with E-state index in [9.17, 15) is 4.39 Å². The predicted molar refractivity (Wildman–Crippen MR) is 68.4 cm³/mol. The van der Waals surface area contributed by atoms with Crippen LogP contribution in [0.3, 0.4) is 0 Å². The molecule has 3 heteroatoms. The Kier molecular flexibility index (Phi) is 4.51. The van der Waals surface area contributed by atoms with Crippen molar-refractivity contribution in [2.24, 2.45) is 0 Å². The second kappa shape index (κ2) is 6.12. The number of nitrogens with one attached hydrogen (secondary N) is 1. The molecule has 0 saturated carbocycles. The zero-order chi connectivity index (χ0) is 12.1. The first kappa shape index (κ1) is 12.5. The maximum Gasteiger partial charge on any atom is 0.123 e. The fourth-order valence-electron chi connectivity index (χ4n) is 2.25. The molecule has 0 spiro atoms. The van der Waals surface area contributed by atoms with E-state index < -0.39 is 0 Å². The van der Waals surface area contributed by atoms with Gasteiger partial charge in [0.25, 0.3) is 0 Å². The molecule has 1 aromatic carbocycles. The Balaban J connectivity index is 1.90. The van der Waals surface area contributed by atoms with E-state index in [1.165, 1.54) is 18.4 Å². The van der Waals surface area contributed by atoms with Gasteiger partial charge >= 0.3 is 0 Å². The van der Waals surface area contributed by atoms with Crippen molar-refractivity contribution in [3.63, 3.8) is 0 Å². The molecule has 1 aliphatic heterocycles. The molecule has 1 fully saturated rings. The summed E-state index contributed by atoms with van der Waals surface area (Å²) in [5, 5.41) is 3.50. The molecule has 2 nitrogen and oxygen atoms in total. The van der Waals surface area contributed by atoms with Gasteiger partial charge < -0.3 is 5.32 Å². The molecule has 1 saturated heterocycles. The number of halogens is 1. The first-order chi connectivity index (χ1) is 8.24. The van der Waals surface area contributed by atoms with Crippen LogP contribution in [0.2, 0.25) is 0 Å². The van der Waals surface area contributed by atoms with Crippen molar-refractivity contribution in [3.8, 4) is 0 Å². The lowest BCUT2D eigenvalue weighted by atomic mass is 10.1. The normalized spacial score (nSPS) is 23.1. The van der Waals surface area contributed by atoms with Gasteiger partial charge in [0.1, 0.15) is 5.82 Å². The lowest BCUT2D eigenvalue weighted by Gasteiger charge is -2.27. The maximum absolute atomic E-state index is 12.8. The topological polar surface area (TPSA) is 15.3 Å². The summed E-state index contributed by atoms with van der Waals surface area (Å²) in [5.41, 5.74) is 1.20. The largest absolute Gasteiger partial charge is 0.314 e. The summed E-state index contributed by atoms with van der Waals surface area (Å²) in [5.74, 6) is -0.153. The minimum atomic E-state index is -0.153. The highest BCUT2D eigenvalue weighted by molar-refractivity contribution is 5.15. The smallest absolute Gasteiger partial charge is 0.123 e. The molecule has 1 aliphatic rings. The van der Waals surface area contributed by atoms with E-state index in [2.05, 4.69) is 17.1 Å². The summed E-state index contributed by atoms with van der Waals surface area (Å²) >= 11 is 0. The second-order valence-electron chi connectivity index (χ2n) is 4.90. The number of hydrogen-bond donors (Lipinski definition) is 1. The number of hydrogen-bond acceptors (Lipinski definition) is 2. The molecule has 0 aromatic heterocycles. The standard InChI is InChI=1S/C14H21FN2/c1-12-7-10-17(9-2-8-16-12)11-13-3-5-14(15)6-4-13/h3-6,12,16H,2,7-11H2,1H3. The summed E-state index contributed by atoms with van der Waals surface area (Å²) in [6, 6.07) is 7.46. The maximum atomic E-state index is 12.8. The third-order valence-corrected chi connectivity index (χ3v) is 3.34. The molecule has 94 valence electrons. The predicted octanol–water partition coefficient (Wildman–Crippen LogP) is 2.40. The fraction of sp³-hybridized carbons (Fsp3) is 0.571. The molecule has 1 N–H and O–H groups in total. The monoisotopic (exact) mass is 236 g/mol. The molecule has 0 aliphatic carbocycles. The van der Waals surface area contributed by atoms with Gasteiger partial charge in [0, 0.05) is 12.6 Å². The Morgan fingerprint density at radius 3 is 2.82 bits per heavy atom. The van der Waals surface area contributed by atoms with Crippen LogP contribution in [0.1, 0.15) is 25.3 Å². The Morgan fingerprint density at radius 1 is 1.29 bits per heavy atom. The summed E-state index contributed by atoms with van der Waals surface area (Å²) < 4.78 is 12.8. The molecular formula is C14H21FN2. The molecule has 0 bridgehead atoms. The fourth-order valence-corrected chi connectivity index (χ4v) is 2.25. The molecular weight excluding hydrogens is 215 g/mol. The lowest BCUT2D eigenvalue weighted by Crippen LogP contribution is -2.38. The summed E-state index contributed by atoms with van der Waals surface area (Å²) in [6.07, 6.45) is 2.37. The number of rotatable bonds is 2. The van der Waals surface area contributed by atoms with Crippen molar-refractivity contribution in [2.45, 2.75) is 32.4 Å². The van der Waals surface area contributed by atoms with Crippen LogP contribution in [0, 0.1) is 5.82 Å². The van der Waals surface area contributed by atoms with Crippen LogP contribution in [0.4, 0.5) is 4.39 Å². The van der Waals surface area contributed by atoms with Crippen LogP contribution in [-0.4, -0.2) is 30.6 Å². The van der Waals surface area contributed by atoms with E-state index in [1.54, 1.807) is 12.1 Å². The van der Waals surface area contributed by atoms with Crippen molar-refractivity contribution in [1.29, 1.82) is 0 Å². The van der Waals surface area contributed by atoms with Crippen molar-refractivity contribution in [2.75, 3.05) is 19.6 Å². The molecule has 1 atom stereocenters. The molecule has 1 heterocycles. The van der Waals surface area contributed by atoms with Gasteiger partial charge in [0.2, 0.25) is 0 Å². The van der Waals surface area contributed by atoms with Gasteiger partial charge in [-0.15, -0.1) is 0 Å². The molecule has 1 aromatic rings. The van der Waals surface area contributed by atoms with E-state index in [4.69, 9.17) is 0 Å². The van der Waals surface area contributed by atoms with Crippen molar-refractivity contribution in [1.82, 2.24) is 10.2 Å². The van der Waals surface area contributed by atoms with Gasteiger partial charge in [0.05, 0.1) is 0 Å². The summed E-state index contributed by atoms with van der Waals surface area (Å²) in [7, 11) is 0. The van der Waals surface area contributed by atoms with Crippen molar-refractivity contribution < 1.29 is 4.39 Å². The second-order valence-corrected chi connectivity index (χ2v) is 4.90. The van der Waals surface area contributed by atoms with Gasteiger partial charge in [-0.2, -0.15) is 0 Å². The molecule has 0 amide bonds. The van der Waals surface area contributed by atoms with Crippen LogP contribution in [0.5, 0.6) is 0 Å². The first-order valence-electron chi connectivity index (χ1n) is 6.44. The average molecular weight is 236 g/mol. The highest BCUT2D eigenvalue weighted by Crippen LogP contribution is 2.09. The van der Waals surface area contributed by atoms with E-state index in [0.717, 1.165) is 26.2 Å². The highest BCUT2D eigenvalue weighted by atomic mass is 19.1. The summed E-state index contributed by atoms with van der Waals surface area (Å²) in [6.45, 7) is 6.51. The number of nitrogens with zero attached hydrogens (tertiary/aromatic N) is 1. The van der Waals surface area contributed by atoms with E-state index >= 15 is 0 Å². The minimum absolute atomic E-state index is 0.153. The van der Waals surface area contributed by atoms with Crippen molar-refractivity contribution >= 4 is 0 Å². The molecule has 17 heavy (non-hydrogen) atoms. The summed E-state index contributed by atoms with van der Waals surface area (Å²) in [4.78, 5) is 2.46. The Labute approximate surface area is 103 Å². The van der Waals surface area contributed by atoms with Crippen LogP contribution in [0.15, 0.2) is 24.3 Å². The molecule has 1 unspecified atom stereocenters. The van der Waals surface area contributed by atoms with Gasteiger partial charge in [0.15, 0.2) is 0 Å². The Hall–Kier alpha value is -0.930. The lowest BCUT2D eigenvalue weighted by molar-refractivity contribution is 0.229. The molecule has 2 rings (SSSR count). The van der Waals surface area contributed by atoms with E-state index in [-0.39, 0.29) is 5.82 Å². The third kappa shape index (κ3) is 4.10. The van der Waals surface area contributed by atoms with Gasteiger partial charge in [-0.3, -0.25) is 4.90 Å². The zero-order valence-electron chi connectivity index (χ0n) is 10.5. The SMILES string of the molecule is CC1CCN(Cc2ccc(F)cc2)CCCN1. The molecule has 0 radical (unpaired) electrons. The average Bonchev–Trinajstić information content (AvgIpc) is 2.31. The van der Waals surface area contributed by atoms with Crippen LogP contribution in [-0.2, 0) is 6.54 Å². The van der Waals surface area contributed by atoms with Crippen LogP contribution >= 0.6 is 0 Å². The van der Waals surface area contributed by atoms with Gasteiger partial charge in [-0.1, -0.05) is 12.1 Å². The quantitative estimate of drug-likeness (QED) is 0.848.